The minimum Gasteiger partial charge on any atom is -0.384 e. The molecule has 2 heterocycles. The van der Waals surface area contributed by atoms with Crippen LogP contribution in [0.25, 0.3) is 10.9 Å². The summed E-state index contributed by atoms with van der Waals surface area (Å²) in [5.41, 5.74) is 4.44. The van der Waals surface area contributed by atoms with Crippen molar-refractivity contribution in [2.75, 3.05) is 50.0 Å². The van der Waals surface area contributed by atoms with Gasteiger partial charge in [0.2, 0.25) is 0 Å². The van der Waals surface area contributed by atoms with E-state index >= 15 is 0 Å². The minimum atomic E-state index is -0.491. The van der Waals surface area contributed by atoms with Gasteiger partial charge in [-0.3, -0.25) is 9.88 Å². The Morgan fingerprint density at radius 2 is 2.06 bits per heavy atom. The molecule has 1 saturated heterocycles. The molecule has 31 heavy (non-hydrogen) atoms. The Balaban J connectivity index is 1.63. The Kier molecular flexibility index (Phi) is 6.52. The fourth-order valence-corrected chi connectivity index (χ4v) is 3.83. The normalized spacial score (nSPS) is 14.4. The number of aromatic nitrogens is 1. The van der Waals surface area contributed by atoms with E-state index in [1.54, 1.807) is 12.3 Å². The minimum absolute atomic E-state index is 0.0168. The molecule has 0 radical (unpaired) electrons. The van der Waals surface area contributed by atoms with Gasteiger partial charge in [-0.15, -0.1) is 0 Å². The number of halogens is 2. The van der Waals surface area contributed by atoms with Gasteiger partial charge in [0.05, 0.1) is 35.0 Å². The summed E-state index contributed by atoms with van der Waals surface area (Å²) in [6, 6.07) is 10.6. The first-order chi connectivity index (χ1) is 15.0. The van der Waals surface area contributed by atoms with E-state index < -0.39 is 5.82 Å². The molecule has 3 aromatic rings. The Morgan fingerprint density at radius 1 is 1.26 bits per heavy atom. The fourth-order valence-electron chi connectivity index (χ4n) is 3.65. The standard InChI is InChI=1S/C23H23ClFN5O/c1-15-10-22-18(12-21(15)27-4-5-30-6-8-31-9-7-30)23(16(13-26)14-28-22)29-17-2-3-20(25)19(24)11-17/h2-3,10-12,14,27H,4-9H2,1H3,(H,28,29). The maximum absolute atomic E-state index is 13.5. The number of anilines is 3. The number of ether oxygens (including phenoxy) is 1. The Morgan fingerprint density at radius 3 is 2.81 bits per heavy atom. The quantitative estimate of drug-likeness (QED) is 0.580. The lowest BCUT2D eigenvalue weighted by Crippen LogP contribution is -2.39. The number of benzene rings is 2. The molecule has 1 aliphatic heterocycles. The molecular weight excluding hydrogens is 417 g/mol. The zero-order valence-corrected chi connectivity index (χ0v) is 18.0. The molecule has 1 fully saturated rings. The van der Waals surface area contributed by atoms with Gasteiger partial charge < -0.3 is 15.4 Å². The van der Waals surface area contributed by atoms with Crippen molar-refractivity contribution in [2.45, 2.75) is 6.92 Å². The van der Waals surface area contributed by atoms with Crippen LogP contribution in [-0.2, 0) is 4.74 Å². The van der Waals surface area contributed by atoms with Crippen molar-refractivity contribution in [3.05, 3.63) is 58.5 Å². The average Bonchev–Trinajstić information content (AvgIpc) is 2.78. The van der Waals surface area contributed by atoms with E-state index in [0.29, 0.717) is 16.9 Å². The summed E-state index contributed by atoms with van der Waals surface area (Å²) in [6.45, 7) is 7.21. The highest BCUT2D eigenvalue weighted by Gasteiger charge is 2.14. The summed E-state index contributed by atoms with van der Waals surface area (Å²) in [6.07, 6.45) is 1.54. The third kappa shape index (κ3) is 4.88. The van der Waals surface area contributed by atoms with E-state index in [4.69, 9.17) is 16.3 Å². The van der Waals surface area contributed by atoms with Crippen LogP contribution in [0.5, 0.6) is 0 Å². The van der Waals surface area contributed by atoms with Crippen molar-refractivity contribution in [1.29, 1.82) is 5.26 Å². The number of nitrogens with zero attached hydrogens (tertiary/aromatic N) is 3. The highest BCUT2D eigenvalue weighted by molar-refractivity contribution is 6.31. The van der Waals surface area contributed by atoms with Gasteiger partial charge in [0.15, 0.2) is 0 Å². The van der Waals surface area contributed by atoms with E-state index in [2.05, 4.69) is 26.6 Å². The number of hydrogen-bond acceptors (Lipinski definition) is 6. The van der Waals surface area contributed by atoms with E-state index in [1.807, 2.05) is 19.1 Å². The Labute approximate surface area is 185 Å². The largest absolute Gasteiger partial charge is 0.384 e. The lowest BCUT2D eigenvalue weighted by atomic mass is 10.1. The second-order valence-corrected chi connectivity index (χ2v) is 7.88. The molecule has 0 aliphatic carbocycles. The maximum Gasteiger partial charge on any atom is 0.141 e. The number of aryl methyl sites for hydroxylation is 1. The van der Waals surface area contributed by atoms with Crippen LogP contribution < -0.4 is 10.6 Å². The topological polar surface area (TPSA) is 73.2 Å². The molecule has 1 aromatic heterocycles. The van der Waals surface area contributed by atoms with Crippen LogP contribution in [0.3, 0.4) is 0 Å². The average molecular weight is 440 g/mol. The summed E-state index contributed by atoms with van der Waals surface area (Å²) < 4.78 is 18.9. The molecule has 0 saturated carbocycles. The van der Waals surface area contributed by atoms with Gasteiger partial charge in [-0.2, -0.15) is 5.26 Å². The summed E-state index contributed by atoms with van der Waals surface area (Å²) in [4.78, 5) is 6.81. The van der Waals surface area contributed by atoms with Crippen LogP contribution >= 0.6 is 11.6 Å². The molecule has 0 amide bonds. The van der Waals surface area contributed by atoms with Crippen molar-refractivity contribution < 1.29 is 9.13 Å². The van der Waals surface area contributed by atoms with Crippen molar-refractivity contribution in [1.82, 2.24) is 9.88 Å². The number of fused-ring (bicyclic) bond motifs is 1. The summed E-state index contributed by atoms with van der Waals surface area (Å²) in [5, 5.41) is 17.2. The van der Waals surface area contributed by atoms with Crippen LogP contribution in [0.2, 0.25) is 5.02 Å². The van der Waals surface area contributed by atoms with E-state index in [-0.39, 0.29) is 5.02 Å². The van der Waals surface area contributed by atoms with Crippen LogP contribution in [0.4, 0.5) is 21.5 Å². The Bertz CT molecular complexity index is 1140. The van der Waals surface area contributed by atoms with Crippen LogP contribution in [0.15, 0.2) is 36.5 Å². The van der Waals surface area contributed by atoms with Crippen molar-refractivity contribution in [3.8, 4) is 6.07 Å². The number of nitriles is 1. The zero-order chi connectivity index (χ0) is 21.8. The molecule has 2 N–H and O–H groups in total. The van der Waals surface area contributed by atoms with Gasteiger partial charge in [-0.1, -0.05) is 11.6 Å². The predicted octanol–water partition coefficient (Wildman–Crippen LogP) is 4.70. The van der Waals surface area contributed by atoms with Crippen molar-refractivity contribution >= 4 is 39.6 Å². The van der Waals surface area contributed by atoms with Gasteiger partial charge in [0, 0.05) is 49.1 Å². The van der Waals surface area contributed by atoms with Gasteiger partial charge in [0.25, 0.3) is 0 Å². The molecule has 0 unspecified atom stereocenters. The van der Waals surface area contributed by atoms with Crippen LogP contribution in [0.1, 0.15) is 11.1 Å². The van der Waals surface area contributed by atoms with Gasteiger partial charge >= 0.3 is 0 Å². The number of hydrogen-bond donors (Lipinski definition) is 2. The highest BCUT2D eigenvalue weighted by atomic mass is 35.5. The summed E-state index contributed by atoms with van der Waals surface area (Å²) in [5.74, 6) is -0.491. The third-order valence-corrected chi connectivity index (χ3v) is 5.66. The highest BCUT2D eigenvalue weighted by Crippen LogP contribution is 2.33. The molecule has 4 rings (SSSR count). The maximum atomic E-state index is 13.5. The lowest BCUT2D eigenvalue weighted by molar-refractivity contribution is 0.0398. The van der Waals surface area contributed by atoms with Gasteiger partial charge in [0.1, 0.15) is 11.9 Å². The number of rotatable bonds is 6. The first-order valence-electron chi connectivity index (χ1n) is 10.1. The van der Waals surface area contributed by atoms with E-state index in [1.165, 1.54) is 12.1 Å². The lowest BCUT2D eigenvalue weighted by Gasteiger charge is -2.26. The first kappa shape index (κ1) is 21.3. The number of morpholine rings is 1. The first-order valence-corrected chi connectivity index (χ1v) is 10.5. The van der Waals surface area contributed by atoms with Crippen molar-refractivity contribution in [2.24, 2.45) is 0 Å². The predicted molar refractivity (Wildman–Crippen MR) is 122 cm³/mol. The van der Waals surface area contributed by atoms with E-state index in [0.717, 1.165) is 61.5 Å². The van der Waals surface area contributed by atoms with E-state index in [9.17, 15) is 9.65 Å². The fraction of sp³-hybridized carbons (Fsp3) is 0.304. The van der Waals surface area contributed by atoms with Crippen molar-refractivity contribution in [3.63, 3.8) is 0 Å². The zero-order valence-electron chi connectivity index (χ0n) is 17.2. The number of nitrogens with one attached hydrogen (secondary N) is 2. The van der Waals surface area contributed by atoms with Crippen LogP contribution in [0, 0.1) is 24.1 Å². The molecule has 0 bridgehead atoms. The number of pyridine rings is 1. The third-order valence-electron chi connectivity index (χ3n) is 5.37. The molecule has 160 valence electrons. The molecule has 1 aliphatic rings. The molecule has 0 atom stereocenters. The Hall–Kier alpha value is -2.92. The second kappa shape index (κ2) is 9.48. The molecule has 6 nitrogen and oxygen atoms in total. The monoisotopic (exact) mass is 439 g/mol. The molecule has 0 spiro atoms. The SMILES string of the molecule is Cc1cc2ncc(C#N)c(Nc3ccc(F)c(Cl)c3)c2cc1NCCN1CCOCC1. The van der Waals surface area contributed by atoms with Gasteiger partial charge in [-0.25, -0.2) is 4.39 Å². The molecular formula is C23H23ClFN5O. The molecule has 8 heteroatoms. The molecule has 2 aromatic carbocycles. The van der Waals surface area contributed by atoms with Crippen LogP contribution in [-0.4, -0.2) is 49.3 Å². The summed E-state index contributed by atoms with van der Waals surface area (Å²) in [7, 11) is 0. The second-order valence-electron chi connectivity index (χ2n) is 7.48. The van der Waals surface area contributed by atoms with Gasteiger partial charge in [-0.05, 0) is 42.8 Å². The summed E-state index contributed by atoms with van der Waals surface area (Å²) >= 11 is 5.93. The smallest absolute Gasteiger partial charge is 0.141 e.